The van der Waals surface area contributed by atoms with E-state index < -0.39 is 0 Å². The Labute approximate surface area is 123 Å². The van der Waals surface area contributed by atoms with Crippen molar-refractivity contribution in [2.24, 2.45) is 0 Å². The molecule has 0 bridgehead atoms. The number of hydrogen-bond donors (Lipinski definition) is 2. The first-order valence-electron chi connectivity index (χ1n) is 7.02. The van der Waals surface area contributed by atoms with Gasteiger partial charge in [-0.2, -0.15) is 0 Å². The Hall–Kier alpha value is -2.62. The number of carbonyl (C=O) groups excluding carboxylic acids is 1. The fourth-order valence-electron chi connectivity index (χ4n) is 2.22. The highest BCUT2D eigenvalue weighted by atomic mass is 16.1. The minimum atomic E-state index is 0.0157. The number of H-pyrrole nitrogens is 1. The Bertz CT molecular complexity index is 787. The normalized spacial score (nSPS) is 10.8. The maximum absolute atomic E-state index is 11.4. The van der Waals surface area contributed by atoms with E-state index in [9.17, 15) is 4.79 Å². The van der Waals surface area contributed by atoms with E-state index in [-0.39, 0.29) is 5.91 Å². The maximum atomic E-state index is 11.4. The third-order valence-electron chi connectivity index (χ3n) is 3.40. The summed E-state index contributed by atoms with van der Waals surface area (Å²) >= 11 is 0. The number of amides is 1. The second-order valence-electron chi connectivity index (χ2n) is 5.09. The summed E-state index contributed by atoms with van der Waals surface area (Å²) in [6.45, 7) is 3.89. The number of carbonyl (C=O) groups is 1. The van der Waals surface area contributed by atoms with Gasteiger partial charge in [0, 0.05) is 17.7 Å². The van der Waals surface area contributed by atoms with E-state index in [1.807, 2.05) is 37.3 Å². The summed E-state index contributed by atoms with van der Waals surface area (Å²) < 4.78 is 0. The van der Waals surface area contributed by atoms with E-state index in [2.05, 4.69) is 34.3 Å². The Morgan fingerprint density at radius 3 is 2.67 bits per heavy atom. The molecule has 21 heavy (non-hydrogen) atoms. The van der Waals surface area contributed by atoms with E-state index in [0.29, 0.717) is 6.42 Å². The van der Waals surface area contributed by atoms with Crippen molar-refractivity contribution in [1.82, 2.24) is 9.97 Å². The lowest BCUT2D eigenvalue weighted by Gasteiger charge is -2.04. The number of aromatic amines is 1. The van der Waals surface area contributed by atoms with Gasteiger partial charge in [-0.3, -0.25) is 4.79 Å². The molecule has 0 fully saturated rings. The molecule has 4 nitrogen and oxygen atoms in total. The zero-order valence-corrected chi connectivity index (χ0v) is 12.1. The van der Waals surface area contributed by atoms with Crippen LogP contribution >= 0.6 is 0 Å². The molecule has 2 aromatic carbocycles. The molecule has 0 unspecified atom stereocenters. The van der Waals surface area contributed by atoms with Crippen molar-refractivity contribution < 1.29 is 4.79 Å². The second-order valence-corrected chi connectivity index (χ2v) is 5.09. The van der Waals surface area contributed by atoms with Crippen LogP contribution in [-0.4, -0.2) is 15.9 Å². The molecule has 0 aliphatic heterocycles. The predicted molar refractivity (Wildman–Crippen MR) is 85.2 cm³/mol. The number of rotatable bonds is 3. The van der Waals surface area contributed by atoms with Gasteiger partial charge in [0.25, 0.3) is 0 Å². The van der Waals surface area contributed by atoms with Crippen molar-refractivity contribution in [2.75, 3.05) is 5.32 Å². The zero-order valence-electron chi connectivity index (χ0n) is 12.1. The van der Waals surface area contributed by atoms with Crippen LogP contribution in [0.5, 0.6) is 0 Å². The molecular formula is C17H17N3O. The summed E-state index contributed by atoms with van der Waals surface area (Å²) in [5, 5.41) is 2.83. The van der Waals surface area contributed by atoms with Crippen molar-refractivity contribution in [3.05, 3.63) is 48.0 Å². The predicted octanol–water partition coefficient (Wildman–Crippen LogP) is 3.89. The number of aromatic nitrogens is 2. The second kappa shape index (κ2) is 5.40. The molecule has 2 N–H and O–H groups in total. The quantitative estimate of drug-likeness (QED) is 0.764. The Morgan fingerprint density at radius 2 is 1.95 bits per heavy atom. The average molecular weight is 279 g/mol. The average Bonchev–Trinajstić information content (AvgIpc) is 2.90. The fraction of sp³-hybridized carbons (Fsp3) is 0.176. The largest absolute Gasteiger partial charge is 0.338 e. The molecule has 0 aliphatic rings. The summed E-state index contributed by atoms with van der Waals surface area (Å²) in [5.74, 6) is 0.853. The maximum Gasteiger partial charge on any atom is 0.224 e. The summed E-state index contributed by atoms with van der Waals surface area (Å²) in [7, 11) is 0. The highest BCUT2D eigenvalue weighted by Crippen LogP contribution is 2.22. The highest BCUT2D eigenvalue weighted by molar-refractivity contribution is 5.90. The Balaban J connectivity index is 1.90. The molecule has 106 valence electrons. The number of benzene rings is 2. The number of imidazole rings is 1. The van der Waals surface area contributed by atoms with Gasteiger partial charge in [-0.25, -0.2) is 4.98 Å². The van der Waals surface area contributed by atoms with Gasteiger partial charge in [0.1, 0.15) is 5.82 Å². The standard InChI is InChI=1S/C17H17N3O/c1-3-16(21)18-13-7-5-12(6-8-13)17-19-14-9-4-11(2)10-15(14)20-17/h4-10H,3H2,1-2H3,(H,18,21)(H,19,20). The summed E-state index contributed by atoms with van der Waals surface area (Å²) in [5.41, 5.74) is 5.00. The van der Waals surface area contributed by atoms with Crippen LogP contribution < -0.4 is 5.32 Å². The molecule has 0 spiro atoms. The van der Waals surface area contributed by atoms with Crippen LogP contribution in [0.1, 0.15) is 18.9 Å². The first-order chi connectivity index (χ1) is 10.2. The third-order valence-corrected chi connectivity index (χ3v) is 3.40. The van der Waals surface area contributed by atoms with Crippen LogP contribution in [0.25, 0.3) is 22.4 Å². The fourth-order valence-corrected chi connectivity index (χ4v) is 2.22. The minimum Gasteiger partial charge on any atom is -0.338 e. The molecule has 1 aromatic heterocycles. The molecule has 4 heteroatoms. The van der Waals surface area contributed by atoms with Gasteiger partial charge in [0.15, 0.2) is 0 Å². The lowest BCUT2D eigenvalue weighted by atomic mass is 10.2. The van der Waals surface area contributed by atoms with Crippen molar-refractivity contribution in [1.29, 1.82) is 0 Å². The SMILES string of the molecule is CCC(=O)Nc1ccc(-c2nc3ccc(C)cc3[nH]2)cc1. The lowest BCUT2D eigenvalue weighted by molar-refractivity contribution is -0.115. The highest BCUT2D eigenvalue weighted by Gasteiger charge is 2.06. The van der Waals surface area contributed by atoms with E-state index in [1.54, 1.807) is 0 Å². The molecule has 0 saturated heterocycles. The molecule has 0 aliphatic carbocycles. The van der Waals surface area contributed by atoms with Crippen molar-refractivity contribution >= 4 is 22.6 Å². The van der Waals surface area contributed by atoms with Crippen molar-refractivity contribution in [3.63, 3.8) is 0 Å². The molecule has 0 atom stereocenters. The lowest BCUT2D eigenvalue weighted by Crippen LogP contribution is -2.09. The van der Waals surface area contributed by atoms with E-state index >= 15 is 0 Å². The van der Waals surface area contributed by atoms with Gasteiger partial charge in [-0.05, 0) is 48.9 Å². The van der Waals surface area contributed by atoms with Crippen molar-refractivity contribution in [2.45, 2.75) is 20.3 Å². The molecular weight excluding hydrogens is 262 g/mol. The van der Waals surface area contributed by atoms with Crippen LogP contribution in [0.2, 0.25) is 0 Å². The summed E-state index contributed by atoms with van der Waals surface area (Å²) in [6.07, 6.45) is 0.477. The van der Waals surface area contributed by atoms with Gasteiger partial charge in [0.2, 0.25) is 5.91 Å². The van der Waals surface area contributed by atoms with E-state index in [4.69, 9.17) is 0 Å². The van der Waals surface area contributed by atoms with Gasteiger partial charge >= 0.3 is 0 Å². The Morgan fingerprint density at radius 1 is 1.19 bits per heavy atom. The van der Waals surface area contributed by atoms with Gasteiger partial charge < -0.3 is 10.3 Å². The first kappa shape index (κ1) is 13.4. The number of aryl methyl sites for hydroxylation is 1. The van der Waals surface area contributed by atoms with Crippen LogP contribution in [-0.2, 0) is 4.79 Å². The van der Waals surface area contributed by atoms with Crippen molar-refractivity contribution in [3.8, 4) is 11.4 Å². The van der Waals surface area contributed by atoms with Crippen LogP contribution in [0.3, 0.4) is 0 Å². The number of anilines is 1. The monoisotopic (exact) mass is 279 g/mol. The van der Waals surface area contributed by atoms with Crippen LogP contribution in [0.15, 0.2) is 42.5 Å². The molecule has 3 aromatic rings. The molecule has 0 radical (unpaired) electrons. The van der Waals surface area contributed by atoms with E-state index in [0.717, 1.165) is 28.1 Å². The number of hydrogen-bond acceptors (Lipinski definition) is 2. The topological polar surface area (TPSA) is 57.8 Å². The van der Waals surface area contributed by atoms with Gasteiger partial charge in [-0.15, -0.1) is 0 Å². The number of nitrogens with one attached hydrogen (secondary N) is 2. The summed E-state index contributed by atoms with van der Waals surface area (Å²) in [6, 6.07) is 13.8. The number of nitrogens with zero attached hydrogens (tertiary/aromatic N) is 1. The zero-order chi connectivity index (χ0) is 14.8. The van der Waals surface area contributed by atoms with Crippen LogP contribution in [0, 0.1) is 6.92 Å². The molecule has 1 heterocycles. The van der Waals surface area contributed by atoms with E-state index in [1.165, 1.54) is 5.56 Å². The van der Waals surface area contributed by atoms with Gasteiger partial charge in [0.05, 0.1) is 11.0 Å². The molecule has 1 amide bonds. The third kappa shape index (κ3) is 2.79. The Kier molecular flexibility index (Phi) is 3.44. The number of fused-ring (bicyclic) bond motifs is 1. The summed E-state index contributed by atoms with van der Waals surface area (Å²) in [4.78, 5) is 19.3. The van der Waals surface area contributed by atoms with Crippen LogP contribution in [0.4, 0.5) is 5.69 Å². The molecule has 0 saturated carbocycles. The smallest absolute Gasteiger partial charge is 0.224 e. The molecule has 3 rings (SSSR count). The first-order valence-corrected chi connectivity index (χ1v) is 7.02. The minimum absolute atomic E-state index is 0.0157. The van der Waals surface area contributed by atoms with Gasteiger partial charge in [-0.1, -0.05) is 13.0 Å².